The van der Waals surface area contributed by atoms with E-state index in [1.54, 1.807) is 34.1 Å². The minimum Gasteiger partial charge on any atom is -0.494 e. The predicted octanol–water partition coefficient (Wildman–Crippen LogP) is 2.79. The number of hydrogen-bond acceptors (Lipinski definition) is 4. The van der Waals surface area contributed by atoms with Gasteiger partial charge in [-0.05, 0) is 30.3 Å². The highest BCUT2D eigenvalue weighted by Gasteiger charge is 2.26. The normalized spacial score (nSPS) is 14.1. The molecule has 1 heterocycles. The molecule has 2 aromatic carbocycles. The number of halogens is 1. The molecular weight excluding hydrogens is 339 g/mol. The van der Waals surface area contributed by atoms with Crippen LogP contribution in [-0.4, -0.2) is 55.1 Å². The summed E-state index contributed by atoms with van der Waals surface area (Å²) in [6.07, 6.45) is -0.446. The Hall–Kier alpha value is -3.09. The molecule has 1 aliphatic rings. The number of piperazine rings is 1. The second-order valence-electron chi connectivity index (χ2n) is 5.81. The molecule has 0 unspecified atom stereocenters. The third-order valence-corrected chi connectivity index (χ3v) is 4.17. The molecule has 0 atom stereocenters. The summed E-state index contributed by atoms with van der Waals surface area (Å²) in [7, 11) is 1.37. The van der Waals surface area contributed by atoms with Gasteiger partial charge in [-0.15, -0.1) is 0 Å². The van der Waals surface area contributed by atoms with Crippen molar-refractivity contribution < 1.29 is 23.5 Å². The Morgan fingerprint density at radius 1 is 0.962 bits per heavy atom. The highest BCUT2D eigenvalue weighted by Crippen LogP contribution is 2.19. The molecule has 0 N–H and O–H groups in total. The number of rotatable bonds is 3. The van der Waals surface area contributed by atoms with E-state index in [2.05, 4.69) is 0 Å². The van der Waals surface area contributed by atoms with Crippen LogP contribution in [0.15, 0.2) is 48.5 Å². The van der Waals surface area contributed by atoms with E-state index < -0.39 is 11.9 Å². The van der Waals surface area contributed by atoms with Gasteiger partial charge in [0, 0.05) is 31.7 Å². The van der Waals surface area contributed by atoms with Crippen LogP contribution in [0.4, 0.5) is 9.18 Å². The maximum atomic E-state index is 13.8. The zero-order valence-corrected chi connectivity index (χ0v) is 14.4. The number of carbonyl (C=O) groups is 2. The van der Waals surface area contributed by atoms with E-state index in [9.17, 15) is 14.0 Å². The van der Waals surface area contributed by atoms with Gasteiger partial charge in [-0.25, -0.2) is 9.18 Å². The fourth-order valence-electron chi connectivity index (χ4n) is 2.73. The Bertz CT molecular complexity index is 789. The number of para-hydroxylation sites is 1. The monoisotopic (exact) mass is 358 g/mol. The fourth-order valence-corrected chi connectivity index (χ4v) is 2.73. The van der Waals surface area contributed by atoms with Crippen LogP contribution in [-0.2, 0) is 0 Å². The summed E-state index contributed by atoms with van der Waals surface area (Å²) in [6, 6.07) is 12.9. The van der Waals surface area contributed by atoms with Crippen molar-refractivity contribution in [1.29, 1.82) is 0 Å². The van der Waals surface area contributed by atoms with Crippen molar-refractivity contribution in [2.24, 2.45) is 0 Å². The Morgan fingerprint density at radius 3 is 2.23 bits per heavy atom. The van der Waals surface area contributed by atoms with Gasteiger partial charge >= 0.3 is 6.09 Å². The molecule has 1 fully saturated rings. The predicted molar refractivity (Wildman–Crippen MR) is 92.9 cm³/mol. The number of methoxy groups -OCH3 is 1. The van der Waals surface area contributed by atoms with Crippen LogP contribution in [0.1, 0.15) is 10.4 Å². The van der Waals surface area contributed by atoms with Crippen LogP contribution in [0, 0.1) is 5.82 Å². The van der Waals surface area contributed by atoms with E-state index in [-0.39, 0.29) is 17.2 Å². The van der Waals surface area contributed by atoms with Crippen LogP contribution < -0.4 is 9.47 Å². The lowest BCUT2D eigenvalue weighted by molar-refractivity contribution is 0.0633. The topological polar surface area (TPSA) is 59.1 Å². The lowest BCUT2D eigenvalue weighted by Crippen LogP contribution is -2.51. The van der Waals surface area contributed by atoms with Gasteiger partial charge in [0.25, 0.3) is 5.91 Å². The fraction of sp³-hybridized carbons (Fsp3) is 0.263. The third kappa shape index (κ3) is 3.93. The van der Waals surface area contributed by atoms with Crippen molar-refractivity contribution in [3.63, 3.8) is 0 Å². The Morgan fingerprint density at radius 2 is 1.62 bits per heavy atom. The van der Waals surface area contributed by atoms with Gasteiger partial charge in [-0.2, -0.15) is 0 Å². The summed E-state index contributed by atoms with van der Waals surface area (Å²) < 4.78 is 23.9. The standard InChI is InChI=1S/C19H19FN2O4/c1-25-17-8-7-14(13-16(17)20)18(23)21-9-11-22(12-10-21)19(24)26-15-5-3-2-4-6-15/h2-8,13H,9-12H2,1H3. The first-order valence-electron chi connectivity index (χ1n) is 8.23. The van der Waals surface area contributed by atoms with Gasteiger partial charge < -0.3 is 19.3 Å². The first kappa shape index (κ1) is 17.7. The van der Waals surface area contributed by atoms with Crippen LogP contribution >= 0.6 is 0 Å². The molecule has 0 aromatic heterocycles. The minimum atomic E-state index is -0.580. The van der Waals surface area contributed by atoms with E-state index in [4.69, 9.17) is 9.47 Å². The first-order valence-corrected chi connectivity index (χ1v) is 8.23. The Labute approximate surface area is 150 Å². The number of hydrogen-bond donors (Lipinski definition) is 0. The summed E-state index contributed by atoms with van der Waals surface area (Å²) >= 11 is 0. The summed E-state index contributed by atoms with van der Waals surface area (Å²) in [5.41, 5.74) is 0.253. The Balaban J connectivity index is 1.57. The second kappa shape index (κ2) is 7.86. The lowest BCUT2D eigenvalue weighted by atomic mass is 10.1. The number of nitrogens with zero attached hydrogens (tertiary/aromatic N) is 2. The quantitative estimate of drug-likeness (QED) is 0.847. The molecule has 26 heavy (non-hydrogen) atoms. The van der Waals surface area contributed by atoms with Crippen LogP contribution in [0.25, 0.3) is 0 Å². The smallest absolute Gasteiger partial charge is 0.415 e. The van der Waals surface area contributed by atoms with Crippen molar-refractivity contribution in [3.8, 4) is 11.5 Å². The van der Waals surface area contributed by atoms with Crippen molar-refractivity contribution in [1.82, 2.24) is 9.80 Å². The summed E-state index contributed by atoms with van der Waals surface area (Å²) in [4.78, 5) is 27.8. The number of ether oxygens (including phenoxy) is 2. The van der Waals surface area contributed by atoms with Crippen molar-refractivity contribution in [2.75, 3.05) is 33.3 Å². The van der Waals surface area contributed by atoms with Crippen LogP contribution in [0.2, 0.25) is 0 Å². The number of benzene rings is 2. The molecule has 2 amide bonds. The average Bonchev–Trinajstić information content (AvgIpc) is 2.68. The van der Waals surface area contributed by atoms with Crippen LogP contribution in [0.3, 0.4) is 0 Å². The summed E-state index contributed by atoms with van der Waals surface area (Å²) in [5.74, 6) is -0.286. The number of amides is 2. The molecule has 6 nitrogen and oxygen atoms in total. The molecular formula is C19H19FN2O4. The highest BCUT2D eigenvalue weighted by molar-refractivity contribution is 5.94. The first-order chi connectivity index (χ1) is 12.6. The molecule has 1 saturated heterocycles. The molecule has 0 radical (unpaired) electrons. The molecule has 7 heteroatoms. The van der Waals surface area contributed by atoms with E-state index in [1.165, 1.54) is 19.2 Å². The van der Waals surface area contributed by atoms with Crippen LogP contribution in [0.5, 0.6) is 11.5 Å². The van der Waals surface area contributed by atoms with Gasteiger partial charge in [-0.3, -0.25) is 4.79 Å². The molecule has 0 saturated carbocycles. The van der Waals surface area contributed by atoms with E-state index in [0.717, 1.165) is 6.07 Å². The summed E-state index contributed by atoms with van der Waals surface area (Å²) in [5, 5.41) is 0. The van der Waals surface area contributed by atoms with Gasteiger partial charge in [0.1, 0.15) is 5.75 Å². The maximum absolute atomic E-state index is 13.8. The van der Waals surface area contributed by atoms with E-state index in [1.807, 2.05) is 6.07 Å². The Kier molecular flexibility index (Phi) is 5.36. The van der Waals surface area contributed by atoms with Crippen molar-refractivity contribution >= 4 is 12.0 Å². The van der Waals surface area contributed by atoms with Gasteiger partial charge in [0.15, 0.2) is 11.6 Å². The molecule has 2 aromatic rings. The molecule has 0 bridgehead atoms. The number of carbonyl (C=O) groups excluding carboxylic acids is 2. The highest BCUT2D eigenvalue weighted by atomic mass is 19.1. The van der Waals surface area contributed by atoms with Gasteiger partial charge in [0.05, 0.1) is 7.11 Å². The van der Waals surface area contributed by atoms with Crippen molar-refractivity contribution in [2.45, 2.75) is 0 Å². The second-order valence-corrected chi connectivity index (χ2v) is 5.81. The largest absolute Gasteiger partial charge is 0.494 e. The van der Waals surface area contributed by atoms with Crippen molar-refractivity contribution in [3.05, 3.63) is 59.9 Å². The maximum Gasteiger partial charge on any atom is 0.415 e. The zero-order valence-electron chi connectivity index (χ0n) is 14.4. The molecule has 1 aliphatic heterocycles. The zero-order chi connectivity index (χ0) is 18.5. The SMILES string of the molecule is COc1ccc(C(=O)N2CCN(C(=O)Oc3ccccc3)CC2)cc1F. The van der Waals surface area contributed by atoms with E-state index >= 15 is 0 Å². The molecule has 136 valence electrons. The van der Waals surface area contributed by atoms with Gasteiger partial charge in [-0.1, -0.05) is 18.2 Å². The minimum absolute atomic E-state index is 0.0926. The lowest BCUT2D eigenvalue weighted by Gasteiger charge is -2.34. The van der Waals surface area contributed by atoms with Gasteiger partial charge in [0.2, 0.25) is 0 Å². The summed E-state index contributed by atoms with van der Waals surface area (Å²) in [6.45, 7) is 1.43. The molecule has 0 spiro atoms. The van der Waals surface area contributed by atoms with E-state index in [0.29, 0.717) is 31.9 Å². The third-order valence-electron chi connectivity index (χ3n) is 4.17. The molecule has 0 aliphatic carbocycles. The average molecular weight is 358 g/mol. The molecule has 3 rings (SSSR count).